The Balaban J connectivity index is 0.000000885. The van der Waals surface area contributed by atoms with E-state index in [4.69, 9.17) is 4.89 Å². The minimum Gasteiger partial charge on any atom is -0.384 e. The summed E-state index contributed by atoms with van der Waals surface area (Å²) in [4.78, 5) is 12.2. The van der Waals surface area contributed by atoms with Crippen LogP contribution in [-0.2, 0) is 15.3 Å². The maximum Gasteiger partial charge on any atom is 0.528 e. The summed E-state index contributed by atoms with van der Waals surface area (Å²) in [6.45, 7) is 4.36. The molecule has 21 heavy (non-hydrogen) atoms. The first kappa shape index (κ1) is 20.4. The number of phosphoric ester groups is 1. The summed E-state index contributed by atoms with van der Waals surface area (Å²) < 4.78 is 56.1. The van der Waals surface area contributed by atoms with Crippen LogP contribution in [0.4, 0.5) is 13.2 Å². The molecule has 10 heteroatoms. The number of hydrogen-bond donors (Lipinski definition) is 1. The van der Waals surface area contributed by atoms with E-state index in [1.807, 2.05) is 0 Å². The molecule has 5 nitrogen and oxygen atoms in total. The molecule has 1 aromatic heterocycles. The second kappa shape index (κ2) is 8.73. The van der Waals surface area contributed by atoms with Gasteiger partial charge in [-0.2, -0.15) is 13.2 Å². The number of unbranched alkanes of at least 4 members (excludes halogenated alkanes) is 1. The van der Waals surface area contributed by atoms with Gasteiger partial charge in [0.25, 0.3) is 0 Å². The summed E-state index contributed by atoms with van der Waals surface area (Å²) in [7, 11) is -3.44. The third-order valence-electron chi connectivity index (χ3n) is 2.07. The molecule has 1 N–H and O–H groups in total. The Morgan fingerprint density at radius 1 is 1.38 bits per heavy atom. The Kier molecular flexibility index (Phi) is 8.46. The third-order valence-corrected chi connectivity index (χ3v) is 3.50. The maximum atomic E-state index is 12.3. The van der Waals surface area contributed by atoms with Gasteiger partial charge in [0.2, 0.25) is 5.88 Å². The second-order valence-corrected chi connectivity index (χ2v) is 6.09. The number of rotatable bonds is 4. The van der Waals surface area contributed by atoms with Gasteiger partial charge in [0, 0.05) is 13.3 Å². The zero-order chi connectivity index (χ0) is 16.7. The van der Waals surface area contributed by atoms with Gasteiger partial charge in [-0.1, -0.05) is 26.7 Å². The van der Waals surface area contributed by atoms with Crippen molar-refractivity contribution in [3.8, 4) is 5.88 Å². The fraction of sp³-hybridized carbons (Fsp3) is 0.545. The van der Waals surface area contributed by atoms with Crippen molar-refractivity contribution >= 4 is 23.8 Å². The molecule has 0 fully saturated rings. The van der Waals surface area contributed by atoms with E-state index in [1.165, 1.54) is 12.8 Å². The fourth-order valence-electron chi connectivity index (χ4n) is 0.794. The van der Waals surface area contributed by atoms with Crippen LogP contribution in [0.15, 0.2) is 16.7 Å². The van der Waals surface area contributed by atoms with Crippen molar-refractivity contribution in [1.82, 2.24) is 4.98 Å². The highest BCUT2D eigenvalue weighted by molar-refractivity contribution is 9.10. The lowest BCUT2D eigenvalue weighted by Gasteiger charge is -2.12. The lowest BCUT2D eigenvalue weighted by Crippen LogP contribution is -2.06. The van der Waals surface area contributed by atoms with Crippen LogP contribution < -0.4 is 4.52 Å². The highest BCUT2D eigenvalue weighted by Crippen LogP contribution is 2.44. The average molecular weight is 394 g/mol. The molecule has 0 saturated carbocycles. The first-order chi connectivity index (χ1) is 9.57. The van der Waals surface area contributed by atoms with E-state index in [1.54, 1.807) is 0 Å². The number of nitrogens with zero attached hydrogens (tertiary/aromatic N) is 1. The first-order valence-electron chi connectivity index (χ1n) is 5.88. The zero-order valence-electron chi connectivity index (χ0n) is 11.6. The van der Waals surface area contributed by atoms with E-state index in [-0.39, 0.29) is 4.47 Å². The molecular weight excluding hydrogens is 378 g/mol. The van der Waals surface area contributed by atoms with Gasteiger partial charge in [0.05, 0.1) is 10.0 Å². The highest BCUT2D eigenvalue weighted by atomic mass is 79.9. The predicted octanol–water partition coefficient (Wildman–Crippen LogP) is 4.79. The Morgan fingerprint density at radius 3 is 2.24 bits per heavy atom. The van der Waals surface area contributed by atoms with Crippen LogP contribution in [0, 0.1) is 0 Å². The normalized spacial score (nSPS) is 13.9. The van der Waals surface area contributed by atoms with Crippen LogP contribution in [0.3, 0.4) is 0 Å². The van der Waals surface area contributed by atoms with Crippen LogP contribution in [0.2, 0.25) is 0 Å². The Morgan fingerprint density at radius 2 is 1.90 bits per heavy atom. The molecular formula is C11H16BrF3NO4P. The predicted molar refractivity (Wildman–Crippen MR) is 75.0 cm³/mol. The molecule has 0 saturated heterocycles. The summed E-state index contributed by atoms with van der Waals surface area (Å²) in [6, 6.07) is 0.679. The number of halogens is 4. The lowest BCUT2D eigenvalue weighted by molar-refractivity contribution is -0.137. The summed E-state index contributed by atoms with van der Waals surface area (Å²) in [6.07, 6.45) is -1.44. The molecule has 1 aromatic rings. The first-order valence-corrected chi connectivity index (χ1v) is 8.17. The molecule has 1 unspecified atom stereocenters. The van der Waals surface area contributed by atoms with Gasteiger partial charge in [0.15, 0.2) is 0 Å². The molecule has 0 bridgehead atoms. The molecule has 0 aliphatic rings. The minimum absolute atomic E-state index is 0.210. The standard InChI is InChI=1S/C7H6BrF3NO4P.C4H10/c1-15-17(13,14)16-6-5(8)2-4(3-12-6)7(9,10)11;1-3-4-2/h2-3H,1H3,(H,13,14);3-4H2,1-2H3. The molecule has 0 aliphatic carbocycles. The molecule has 0 aromatic carbocycles. The molecule has 1 rings (SSSR count). The van der Waals surface area contributed by atoms with Gasteiger partial charge in [0.1, 0.15) is 0 Å². The van der Waals surface area contributed by atoms with Crippen LogP contribution in [0.25, 0.3) is 0 Å². The van der Waals surface area contributed by atoms with Crippen LogP contribution in [-0.4, -0.2) is 17.0 Å². The quantitative estimate of drug-likeness (QED) is 0.744. The van der Waals surface area contributed by atoms with Gasteiger partial charge in [-0.3, -0.25) is 9.42 Å². The highest BCUT2D eigenvalue weighted by Gasteiger charge is 2.32. The largest absolute Gasteiger partial charge is 0.528 e. The number of pyridine rings is 1. The minimum atomic E-state index is -4.56. The average Bonchev–Trinajstić information content (AvgIpc) is 2.40. The Hall–Kier alpha value is -0.630. The van der Waals surface area contributed by atoms with E-state index in [0.717, 1.165) is 7.11 Å². The summed E-state index contributed by atoms with van der Waals surface area (Å²) >= 11 is 2.75. The van der Waals surface area contributed by atoms with E-state index >= 15 is 0 Å². The SMILES string of the molecule is CCCC.COP(=O)(O)Oc1ncc(C(F)(F)F)cc1Br. The van der Waals surface area contributed by atoms with Crippen molar-refractivity contribution in [1.29, 1.82) is 0 Å². The number of hydrogen-bond acceptors (Lipinski definition) is 4. The third kappa shape index (κ3) is 7.80. The zero-order valence-corrected chi connectivity index (χ0v) is 14.1. The Labute approximate surface area is 129 Å². The van der Waals surface area contributed by atoms with Crippen molar-refractivity contribution in [2.75, 3.05) is 7.11 Å². The molecule has 0 spiro atoms. The fourth-order valence-corrected chi connectivity index (χ4v) is 1.79. The number of phosphoric acid groups is 1. The van der Waals surface area contributed by atoms with Crippen molar-refractivity contribution in [3.05, 3.63) is 22.3 Å². The Bertz CT molecular complexity index is 497. The topological polar surface area (TPSA) is 68.7 Å². The molecule has 0 aliphatic heterocycles. The van der Waals surface area contributed by atoms with Crippen LogP contribution >= 0.6 is 23.8 Å². The molecule has 1 heterocycles. The number of aromatic nitrogens is 1. The van der Waals surface area contributed by atoms with E-state index < -0.39 is 25.4 Å². The molecule has 122 valence electrons. The van der Waals surface area contributed by atoms with Crippen LogP contribution in [0.1, 0.15) is 32.3 Å². The van der Waals surface area contributed by atoms with Crippen molar-refractivity contribution in [2.24, 2.45) is 0 Å². The van der Waals surface area contributed by atoms with Crippen LogP contribution in [0.5, 0.6) is 5.88 Å². The van der Waals surface area contributed by atoms with Gasteiger partial charge in [-0.15, -0.1) is 0 Å². The van der Waals surface area contributed by atoms with E-state index in [9.17, 15) is 17.7 Å². The van der Waals surface area contributed by atoms with Crippen molar-refractivity contribution in [3.63, 3.8) is 0 Å². The monoisotopic (exact) mass is 393 g/mol. The second-order valence-electron chi connectivity index (χ2n) is 3.75. The van der Waals surface area contributed by atoms with Gasteiger partial charge in [-0.25, -0.2) is 9.55 Å². The van der Waals surface area contributed by atoms with Crippen molar-refractivity contribution in [2.45, 2.75) is 32.9 Å². The van der Waals surface area contributed by atoms with Gasteiger partial charge < -0.3 is 4.52 Å². The number of alkyl halides is 3. The summed E-state index contributed by atoms with van der Waals surface area (Å²) in [5.74, 6) is -0.467. The van der Waals surface area contributed by atoms with Crippen molar-refractivity contribution < 1.29 is 31.7 Å². The molecule has 1 atom stereocenters. The lowest BCUT2D eigenvalue weighted by atomic mass is 10.3. The van der Waals surface area contributed by atoms with Gasteiger partial charge in [-0.05, 0) is 22.0 Å². The van der Waals surface area contributed by atoms with E-state index in [2.05, 4.69) is 43.8 Å². The summed E-state index contributed by atoms with van der Waals surface area (Å²) in [5.41, 5.74) is -1.01. The molecule has 0 radical (unpaired) electrons. The van der Waals surface area contributed by atoms with Gasteiger partial charge >= 0.3 is 14.0 Å². The smallest absolute Gasteiger partial charge is 0.384 e. The van der Waals surface area contributed by atoms with E-state index in [0.29, 0.717) is 12.3 Å². The molecule has 0 amide bonds. The maximum absolute atomic E-state index is 12.3. The summed E-state index contributed by atoms with van der Waals surface area (Å²) in [5, 5.41) is 0.